The number of Topliss-reactive ketones (excluding diaryl/α,β-unsaturated/α-hetero) is 1. The summed E-state index contributed by atoms with van der Waals surface area (Å²) in [5.41, 5.74) is 3.52. The Hall–Kier alpha value is -2.78. The van der Waals surface area contributed by atoms with Crippen LogP contribution in [0.4, 0.5) is 0 Å². The number of hydrogen-bond acceptors (Lipinski definition) is 2. The molecule has 0 unspecified atom stereocenters. The van der Waals surface area contributed by atoms with Gasteiger partial charge in [0.25, 0.3) is 0 Å². The molecule has 3 heteroatoms. The molecule has 1 aliphatic rings. The molecule has 1 heterocycles. The molecule has 2 aromatic carbocycles. The molecule has 0 radical (unpaired) electrons. The van der Waals surface area contributed by atoms with Crippen molar-refractivity contribution in [1.29, 1.82) is 0 Å². The Morgan fingerprint density at radius 3 is 2.43 bits per heavy atom. The number of aliphatic hydroxyl groups excluding tert-OH is 1. The van der Waals surface area contributed by atoms with Crippen molar-refractivity contribution < 1.29 is 14.5 Å². The minimum Gasteiger partial charge on any atom is -0.392 e. The van der Waals surface area contributed by atoms with E-state index < -0.39 is 0 Å². The summed E-state index contributed by atoms with van der Waals surface area (Å²) in [4.78, 5) is 12.8. The van der Waals surface area contributed by atoms with Crippen LogP contribution in [0, 0.1) is 0 Å². The highest BCUT2D eigenvalue weighted by Gasteiger charge is 2.23. The van der Waals surface area contributed by atoms with E-state index in [-0.39, 0.29) is 12.4 Å². The van der Waals surface area contributed by atoms with Crippen molar-refractivity contribution in [2.24, 2.45) is 0 Å². The summed E-state index contributed by atoms with van der Waals surface area (Å²) >= 11 is 0. The van der Waals surface area contributed by atoms with E-state index in [4.69, 9.17) is 5.11 Å². The Labute approximate surface area is 134 Å². The van der Waals surface area contributed by atoms with Crippen LogP contribution < -0.4 is 4.57 Å². The molecule has 4 rings (SSSR count). The molecule has 0 fully saturated rings. The van der Waals surface area contributed by atoms with Gasteiger partial charge in [0.05, 0.1) is 12.2 Å². The van der Waals surface area contributed by atoms with Gasteiger partial charge in [-0.05, 0) is 22.6 Å². The molecule has 0 saturated carbocycles. The number of nitrogens with zero attached hydrogens (tertiary/aromatic N) is 1. The third-order valence-corrected chi connectivity index (χ3v) is 4.30. The van der Waals surface area contributed by atoms with Crippen molar-refractivity contribution in [2.45, 2.75) is 13.2 Å². The van der Waals surface area contributed by atoms with Gasteiger partial charge in [-0.1, -0.05) is 36.4 Å². The van der Waals surface area contributed by atoms with E-state index in [2.05, 4.69) is 6.07 Å². The van der Waals surface area contributed by atoms with Crippen LogP contribution in [0.2, 0.25) is 0 Å². The summed E-state index contributed by atoms with van der Waals surface area (Å²) in [6.07, 6.45) is 5.77. The van der Waals surface area contributed by atoms with Gasteiger partial charge in [-0.15, -0.1) is 0 Å². The Balaban J connectivity index is 1.76. The average Bonchev–Trinajstić information content (AvgIpc) is 2.60. The lowest BCUT2D eigenvalue weighted by molar-refractivity contribution is -0.688. The summed E-state index contributed by atoms with van der Waals surface area (Å²) in [6.45, 7) is 0.549. The molecule has 0 aliphatic heterocycles. The number of carbonyl (C=O) groups excluding carboxylic acids is 1. The van der Waals surface area contributed by atoms with Crippen LogP contribution in [0.3, 0.4) is 0 Å². The van der Waals surface area contributed by atoms with Crippen molar-refractivity contribution in [3.05, 3.63) is 83.2 Å². The van der Waals surface area contributed by atoms with Gasteiger partial charge in [0, 0.05) is 23.1 Å². The molecule has 0 spiro atoms. The van der Waals surface area contributed by atoms with Crippen LogP contribution in [-0.2, 0) is 13.2 Å². The van der Waals surface area contributed by atoms with Crippen LogP contribution in [0.1, 0.15) is 21.5 Å². The summed E-state index contributed by atoms with van der Waals surface area (Å²) in [7, 11) is 0. The van der Waals surface area contributed by atoms with E-state index in [0.717, 1.165) is 33.0 Å². The van der Waals surface area contributed by atoms with E-state index in [1.165, 1.54) is 0 Å². The Bertz CT molecular complexity index is 934. The first-order valence-corrected chi connectivity index (χ1v) is 7.62. The standard InChI is InChI=1S/C20H16NO2/c22-13-14-7-9-21(10-8-14)12-17-11-16-5-1-3-15-4-2-6-18(19(15)16)20(17)23/h1-11,22H,12-13H2/q+1. The number of rotatable bonds is 3. The molecular formula is C20H16NO2+. The second-order valence-electron chi connectivity index (χ2n) is 5.79. The van der Waals surface area contributed by atoms with E-state index in [9.17, 15) is 4.79 Å². The summed E-state index contributed by atoms with van der Waals surface area (Å²) < 4.78 is 1.96. The zero-order valence-electron chi connectivity index (χ0n) is 12.6. The number of aromatic nitrogens is 1. The fraction of sp³-hybridized carbons (Fsp3) is 0.100. The first kappa shape index (κ1) is 13.9. The minimum atomic E-state index is 0.0256. The predicted molar refractivity (Wildman–Crippen MR) is 88.8 cm³/mol. The van der Waals surface area contributed by atoms with Crippen molar-refractivity contribution in [3.63, 3.8) is 0 Å². The van der Waals surface area contributed by atoms with Gasteiger partial charge in [0.2, 0.25) is 0 Å². The molecule has 3 nitrogen and oxygen atoms in total. The topological polar surface area (TPSA) is 41.2 Å². The second-order valence-corrected chi connectivity index (χ2v) is 5.79. The number of ketones is 1. The zero-order chi connectivity index (χ0) is 15.8. The quantitative estimate of drug-likeness (QED) is 0.756. The van der Waals surface area contributed by atoms with Crippen LogP contribution in [0.15, 0.2) is 66.5 Å². The number of hydrogen-bond donors (Lipinski definition) is 1. The third kappa shape index (κ3) is 2.35. The highest BCUT2D eigenvalue weighted by atomic mass is 16.3. The summed E-state index contributed by atoms with van der Waals surface area (Å²) in [5.74, 6) is 0.0908. The molecule has 3 aromatic rings. The third-order valence-electron chi connectivity index (χ3n) is 4.30. The van der Waals surface area contributed by atoms with E-state index in [1.54, 1.807) is 0 Å². The van der Waals surface area contributed by atoms with Gasteiger partial charge in [0.1, 0.15) is 0 Å². The second kappa shape index (κ2) is 5.45. The average molecular weight is 302 g/mol. The normalized spacial score (nSPS) is 13.3. The molecule has 0 saturated heterocycles. The van der Waals surface area contributed by atoms with Crippen LogP contribution >= 0.6 is 0 Å². The van der Waals surface area contributed by atoms with E-state index in [1.807, 2.05) is 65.5 Å². The SMILES string of the molecule is O=C1C(C[n+]2ccc(CO)cc2)=Cc2cccc3cccc1c23. The van der Waals surface area contributed by atoms with Crippen LogP contribution in [-0.4, -0.2) is 10.9 Å². The Morgan fingerprint density at radius 2 is 1.70 bits per heavy atom. The molecular weight excluding hydrogens is 286 g/mol. The fourth-order valence-electron chi connectivity index (χ4n) is 3.12. The molecule has 23 heavy (non-hydrogen) atoms. The summed E-state index contributed by atoms with van der Waals surface area (Å²) in [5, 5.41) is 11.3. The maximum atomic E-state index is 12.8. The number of benzene rings is 2. The van der Waals surface area contributed by atoms with Gasteiger partial charge >= 0.3 is 0 Å². The Kier molecular flexibility index (Phi) is 3.28. The molecule has 1 aliphatic carbocycles. The fourth-order valence-corrected chi connectivity index (χ4v) is 3.12. The van der Waals surface area contributed by atoms with Crippen LogP contribution in [0.25, 0.3) is 16.8 Å². The first-order chi connectivity index (χ1) is 11.3. The molecule has 1 aromatic heterocycles. The van der Waals surface area contributed by atoms with E-state index >= 15 is 0 Å². The van der Waals surface area contributed by atoms with Gasteiger partial charge in [-0.25, -0.2) is 4.57 Å². The predicted octanol–water partition coefficient (Wildman–Crippen LogP) is 2.90. The Morgan fingerprint density at radius 1 is 0.957 bits per heavy atom. The highest BCUT2D eigenvalue weighted by Crippen LogP contribution is 2.31. The van der Waals surface area contributed by atoms with Gasteiger partial charge in [-0.3, -0.25) is 4.79 Å². The number of allylic oxidation sites excluding steroid dienone is 1. The molecule has 112 valence electrons. The van der Waals surface area contributed by atoms with Crippen molar-refractivity contribution in [2.75, 3.05) is 0 Å². The smallest absolute Gasteiger partial charge is 0.196 e. The largest absolute Gasteiger partial charge is 0.392 e. The molecule has 0 amide bonds. The maximum absolute atomic E-state index is 12.8. The lowest BCUT2D eigenvalue weighted by atomic mass is 9.88. The lowest BCUT2D eigenvalue weighted by Crippen LogP contribution is -2.35. The highest BCUT2D eigenvalue weighted by molar-refractivity contribution is 6.22. The molecule has 0 bridgehead atoms. The monoisotopic (exact) mass is 302 g/mol. The number of aliphatic hydroxyl groups is 1. The van der Waals surface area contributed by atoms with Crippen molar-refractivity contribution in [1.82, 2.24) is 0 Å². The van der Waals surface area contributed by atoms with Gasteiger partial charge < -0.3 is 5.11 Å². The number of carbonyl (C=O) groups is 1. The zero-order valence-corrected chi connectivity index (χ0v) is 12.6. The van der Waals surface area contributed by atoms with Gasteiger partial charge in [0.15, 0.2) is 24.7 Å². The minimum absolute atomic E-state index is 0.0256. The molecule has 0 atom stereocenters. The van der Waals surface area contributed by atoms with Crippen molar-refractivity contribution in [3.8, 4) is 0 Å². The summed E-state index contributed by atoms with van der Waals surface area (Å²) in [6, 6.07) is 15.7. The first-order valence-electron chi connectivity index (χ1n) is 7.62. The van der Waals surface area contributed by atoms with Crippen molar-refractivity contribution >= 4 is 22.6 Å². The lowest BCUT2D eigenvalue weighted by Gasteiger charge is -2.15. The van der Waals surface area contributed by atoms with Crippen LogP contribution in [0.5, 0.6) is 0 Å². The maximum Gasteiger partial charge on any atom is 0.196 e. The van der Waals surface area contributed by atoms with Gasteiger partial charge in [-0.2, -0.15) is 0 Å². The van der Waals surface area contributed by atoms with E-state index in [0.29, 0.717) is 6.54 Å². The molecule has 1 N–H and O–H groups in total. The number of pyridine rings is 1.